The first-order valence-corrected chi connectivity index (χ1v) is 7.41. The van der Waals surface area contributed by atoms with Crippen molar-refractivity contribution in [3.05, 3.63) is 24.3 Å². The number of nitrogens with zero attached hydrogens (tertiary/aromatic N) is 1. The van der Waals surface area contributed by atoms with Crippen LogP contribution in [0, 0.1) is 0 Å². The van der Waals surface area contributed by atoms with E-state index in [0.717, 1.165) is 0 Å². The van der Waals surface area contributed by atoms with E-state index >= 15 is 0 Å². The number of likely N-dealkylation sites (N-methyl/N-ethyl adjacent to an activating group) is 1. The van der Waals surface area contributed by atoms with Gasteiger partial charge in [0.15, 0.2) is 0 Å². The highest BCUT2D eigenvalue weighted by atomic mass is 32.2. The van der Waals surface area contributed by atoms with Crippen molar-refractivity contribution in [3.63, 3.8) is 0 Å². The van der Waals surface area contributed by atoms with E-state index in [2.05, 4.69) is 10.1 Å². The predicted octanol–water partition coefficient (Wildman–Crippen LogP) is 0.591. The van der Waals surface area contributed by atoms with Crippen molar-refractivity contribution in [2.24, 2.45) is 5.84 Å². The minimum atomic E-state index is -3.50. The molecule has 0 amide bonds. The van der Waals surface area contributed by atoms with Gasteiger partial charge in [-0.3, -0.25) is 5.84 Å². The Bertz CT molecular complexity index is 509. The maximum Gasteiger partial charge on any atom is 0.240 e. The first-order valence-electron chi connectivity index (χ1n) is 5.93. The van der Waals surface area contributed by atoms with Gasteiger partial charge in [0.05, 0.1) is 4.90 Å². The second-order valence-electron chi connectivity index (χ2n) is 5.20. The molecule has 0 saturated heterocycles. The summed E-state index contributed by atoms with van der Waals surface area (Å²) in [4.78, 5) is 2.19. The van der Waals surface area contributed by atoms with Gasteiger partial charge in [0.2, 0.25) is 10.0 Å². The minimum Gasteiger partial charge on any atom is -0.324 e. The van der Waals surface area contributed by atoms with Crippen LogP contribution in [-0.4, -0.2) is 39.5 Å². The van der Waals surface area contributed by atoms with E-state index in [1.807, 2.05) is 32.8 Å². The van der Waals surface area contributed by atoms with E-state index in [1.165, 1.54) is 12.1 Å². The van der Waals surface area contributed by atoms with Gasteiger partial charge in [-0.1, -0.05) is 0 Å². The number of sulfonamides is 1. The van der Waals surface area contributed by atoms with Crippen molar-refractivity contribution in [1.29, 1.82) is 0 Å². The van der Waals surface area contributed by atoms with Crippen LogP contribution in [0.3, 0.4) is 0 Å². The second kappa shape index (κ2) is 5.87. The molecule has 0 aliphatic carbocycles. The van der Waals surface area contributed by atoms with Gasteiger partial charge < -0.3 is 10.3 Å². The molecule has 0 fully saturated rings. The van der Waals surface area contributed by atoms with Gasteiger partial charge in [-0.05, 0) is 52.2 Å². The molecule has 0 heterocycles. The van der Waals surface area contributed by atoms with Crippen molar-refractivity contribution in [2.45, 2.75) is 24.3 Å². The van der Waals surface area contributed by atoms with Gasteiger partial charge in [0.1, 0.15) is 0 Å². The lowest BCUT2D eigenvalue weighted by Crippen LogP contribution is -2.48. The third kappa shape index (κ3) is 4.17. The molecule has 1 rings (SSSR count). The highest BCUT2D eigenvalue weighted by molar-refractivity contribution is 7.89. The number of nitrogens with one attached hydrogen (secondary N) is 2. The number of benzene rings is 1. The fourth-order valence-corrected chi connectivity index (χ4v) is 2.45. The van der Waals surface area contributed by atoms with Crippen molar-refractivity contribution in [1.82, 2.24) is 9.62 Å². The van der Waals surface area contributed by atoms with Crippen LogP contribution in [0.4, 0.5) is 5.69 Å². The summed E-state index contributed by atoms with van der Waals surface area (Å²) >= 11 is 0. The summed E-state index contributed by atoms with van der Waals surface area (Å²) in [5, 5.41) is 0. The summed E-state index contributed by atoms with van der Waals surface area (Å²) in [6, 6.07) is 6.26. The van der Waals surface area contributed by atoms with E-state index in [0.29, 0.717) is 12.2 Å². The summed E-state index contributed by atoms with van der Waals surface area (Å²) in [5.41, 5.74) is 2.86. The third-order valence-electron chi connectivity index (χ3n) is 3.24. The number of anilines is 1. The predicted molar refractivity (Wildman–Crippen MR) is 77.2 cm³/mol. The number of hydrogen-bond donors (Lipinski definition) is 3. The molecule has 0 spiro atoms. The monoisotopic (exact) mass is 286 g/mol. The summed E-state index contributed by atoms with van der Waals surface area (Å²) < 4.78 is 26.9. The van der Waals surface area contributed by atoms with Crippen LogP contribution >= 0.6 is 0 Å². The summed E-state index contributed by atoms with van der Waals surface area (Å²) in [6.07, 6.45) is 0. The van der Waals surface area contributed by atoms with E-state index in [-0.39, 0.29) is 10.4 Å². The van der Waals surface area contributed by atoms with Crippen molar-refractivity contribution in [3.8, 4) is 0 Å². The van der Waals surface area contributed by atoms with E-state index in [1.54, 1.807) is 12.1 Å². The molecule has 0 bridgehead atoms. The van der Waals surface area contributed by atoms with Crippen molar-refractivity contribution < 1.29 is 8.42 Å². The SMILES string of the molecule is CN(C)C(C)(C)CNS(=O)(=O)c1ccc(NN)cc1. The van der Waals surface area contributed by atoms with Gasteiger partial charge in [0, 0.05) is 17.8 Å². The van der Waals surface area contributed by atoms with Gasteiger partial charge in [-0.15, -0.1) is 0 Å². The Morgan fingerprint density at radius 3 is 2.16 bits per heavy atom. The molecule has 0 radical (unpaired) electrons. The van der Waals surface area contributed by atoms with Crippen molar-refractivity contribution >= 4 is 15.7 Å². The molecule has 108 valence electrons. The molecule has 0 saturated carbocycles. The average Bonchev–Trinajstić information content (AvgIpc) is 2.36. The molecule has 0 aliphatic heterocycles. The Hall–Kier alpha value is -1.15. The molecular weight excluding hydrogens is 264 g/mol. The van der Waals surface area contributed by atoms with Crippen LogP contribution in [-0.2, 0) is 10.0 Å². The molecule has 0 unspecified atom stereocenters. The lowest BCUT2D eigenvalue weighted by molar-refractivity contribution is 0.199. The molecule has 6 nitrogen and oxygen atoms in total. The fraction of sp³-hybridized carbons (Fsp3) is 0.500. The highest BCUT2D eigenvalue weighted by Gasteiger charge is 2.24. The van der Waals surface area contributed by atoms with E-state index in [9.17, 15) is 8.42 Å². The van der Waals surface area contributed by atoms with Crippen LogP contribution in [0.1, 0.15) is 13.8 Å². The smallest absolute Gasteiger partial charge is 0.240 e. The van der Waals surface area contributed by atoms with Gasteiger partial charge in [-0.25, -0.2) is 13.1 Å². The van der Waals surface area contributed by atoms with Crippen LogP contribution < -0.4 is 16.0 Å². The summed E-state index contributed by atoms with van der Waals surface area (Å²) in [6.45, 7) is 4.27. The molecule has 4 N–H and O–H groups in total. The van der Waals surface area contributed by atoms with E-state index < -0.39 is 10.0 Å². The number of nitrogen functional groups attached to an aromatic ring is 1. The van der Waals surface area contributed by atoms with Gasteiger partial charge in [0.25, 0.3) is 0 Å². The molecule has 1 aromatic rings. The maximum absolute atomic E-state index is 12.1. The Kier molecular flexibility index (Phi) is 4.92. The normalized spacial score (nSPS) is 12.7. The molecule has 0 aliphatic rings. The number of hydrogen-bond acceptors (Lipinski definition) is 5. The number of hydrazine groups is 1. The van der Waals surface area contributed by atoms with Crippen LogP contribution in [0.2, 0.25) is 0 Å². The Morgan fingerprint density at radius 2 is 1.74 bits per heavy atom. The van der Waals surface area contributed by atoms with Gasteiger partial charge >= 0.3 is 0 Å². The molecule has 0 aromatic heterocycles. The Labute approximate surface area is 115 Å². The Balaban J connectivity index is 2.81. The second-order valence-corrected chi connectivity index (χ2v) is 6.97. The molecule has 1 aromatic carbocycles. The maximum atomic E-state index is 12.1. The zero-order valence-electron chi connectivity index (χ0n) is 11.8. The Morgan fingerprint density at radius 1 is 1.21 bits per heavy atom. The lowest BCUT2D eigenvalue weighted by Gasteiger charge is -2.32. The van der Waals surface area contributed by atoms with Crippen molar-refractivity contribution in [2.75, 3.05) is 26.1 Å². The molecule has 0 atom stereocenters. The first kappa shape index (κ1) is 15.9. The topological polar surface area (TPSA) is 87.5 Å². The minimum absolute atomic E-state index is 0.223. The lowest BCUT2D eigenvalue weighted by atomic mass is 10.1. The van der Waals surface area contributed by atoms with E-state index in [4.69, 9.17) is 5.84 Å². The largest absolute Gasteiger partial charge is 0.324 e. The average molecular weight is 286 g/mol. The third-order valence-corrected chi connectivity index (χ3v) is 4.65. The summed E-state index contributed by atoms with van der Waals surface area (Å²) in [7, 11) is 0.328. The number of rotatable bonds is 6. The number of nitrogens with two attached hydrogens (primary N) is 1. The van der Waals surface area contributed by atoms with Gasteiger partial charge in [-0.2, -0.15) is 0 Å². The standard InChI is InChI=1S/C12H22N4O2S/c1-12(2,16(3)4)9-14-19(17,18)11-7-5-10(15-13)6-8-11/h5-8,14-15H,9,13H2,1-4H3. The zero-order chi connectivity index (χ0) is 14.7. The van der Waals surface area contributed by atoms with Crippen LogP contribution in [0.15, 0.2) is 29.2 Å². The molecule has 19 heavy (non-hydrogen) atoms. The first-order chi connectivity index (χ1) is 8.69. The van der Waals surface area contributed by atoms with Crippen LogP contribution in [0.25, 0.3) is 0 Å². The fourth-order valence-electron chi connectivity index (χ4n) is 1.24. The molecule has 7 heteroatoms. The van der Waals surface area contributed by atoms with Crippen LogP contribution in [0.5, 0.6) is 0 Å². The quantitative estimate of drug-likeness (QED) is 0.526. The molecular formula is C12H22N4O2S. The zero-order valence-corrected chi connectivity index (χ0v) is 12.6. The summed E-state index contributed by atoms with van der Waals surface area (Å²) in [5.74, 6) is 5.24. The highest BCUT2D eigenvalue weighted by Crippen LogP contribution is 2.14.